The van der Waals surface area contributed by atoms with E-state index in [9.17, 15) is 9.59 Å². The summed E-state index contributed by atoms with van der Waals surface area (Å²) < 4.78 is 5.22. The Balaban J connectivity index is 1.96. The SMILES string of the molecule is Cc1ccc(C2CC[C@@H](NC(=O)OC(C)(C)C)C(=O)NC2)cc1. The average Bonchev–Trinajstić information content (AvgIpc) is 2.61. The molecule has 5 heteroatoms. The average molecular weight is 318 g/mol. The standard InChI is InChI=1S/C18H26N2O3/c1-12-5-7-13(8-6-12)14-9-10-15(16(21)19-11-14)20-17(22)23-18(2,3)4/h5-8,14-15H,9-11H2,1-4H3,(H,19,21)(H,20,22)/t14?,15-/m1/s1. The van der Waals surface area contributed by atoms with Crippen LogP contribution in [0.5, 0.6) is 0 Å². The highest BCUT2D eigenvalue weighted by atomic mass is 16.6. The van der Waals surface area contributed by atoms with E-state index < -0.39 is 17.7 Å². The number of rotatable bonds is 2. The van der Waals surface area contributed by atoms with Gasteiger partial charge in [-0.2, -0.15) is 0 Å². The van der Waals surface area contributed by atoms with E-state index in [2.05, 4.69) is 41.8 Å². The molecule has 2 atom stereocenters. The molecule has 1 heterocycles. The molecular weight excluding hydrogens is 292 g/mol. The molecule has 1 unspecified atom stereocenters. The summed E-state index contributed by atoms with van der Waals surface area (Å²) in [6, 6.07) is 7.83. The van der Waals surface area contributed by atoms with Crippen molar-refractivity contribution in [2.75, 3.05) is 6.54 Å². The predicted octanol–water partition coefficient (Wildman–Crippen LogP) is 2.88. The Morgan fingerprint density at radius 1 is 1.22 bits per heavy atom. The zero-order valence-electron chi connectivity index (χ0n) is 14.3. The third-order valence-corrected chi connectivity index (χ3v) is 3.88. The summed E-state index contributed by atoms with van der Waals surface area (Å²) in [7, 11) is 0. The van der Waals surface area contributed by atoms with Crippen molar-refractivity contribution >= 4 is 12.0 Å². The number of nitrogens with one attached hydrogen (secondary N) is 2. The molecule has 0 spiro atoms. The van der Waals surface area contributed by atoms with E-state index in [4.69, 9.17) is 4.74 Å². The maximum Gasteiger partial charge on any atom is 0.408 e. The summed E-state index contributed by atoms with van der Waals surface area (Å²) in [6.45, 7) is 8.04. The van der Waals surface area contributed by atoms with Crippen LogP contribution in [0.3, 0.4) is 0 Å². The van der Waals surface area contributed by atoms with Crippen molar-refractivity contribution in [3.63, 3.8) is 0 Å². The fourth-order valence-corrected chi connectivity index (χ4v) is 2.66. The molecular formula is C18H26N2O3. The van der Waals surface area contributed by atoms with Gasteiger partial charge in [0.2, 0.25) is 5.91 Å². The minimum Gasteiger partial charge on any atom is -0.444 e. The summed E-state index contributed by atoms with van der Waals surface area (Å²) in [5.74, 6) is 0.121. The number of hydrogen-bond acceptors (Lipinski definition) is 3. The third-order valence-electron chi connectivity index (χ3n) is 3.88. The third kappa shape index (κ3) is 5.27. The second-order valence-corrected chi connectivity index (χ2v) is 7.13. The summed E-state index contributed by atoms with van der Waals surface area (Å²) in [5.41, 5.74) is 1.86. The minimum atomic E-state index is -0.574. The number of alkyl carbamates (subject to hydrolysis) is 1. The van der Waals surface area contributed by atoms with Crippen molar-refractivity contribution in [3.05, 3.63) is 35.4 Å². The fraction of sp³-hybridized carbons (Fsp3) is 0.556. The Morgan fingerprint density at radius 3 is 2.48 bits per heavy atom. The molecule has 5 nitrogen and oxygen atoms in total. The van der Waals surface area contributed by atoms with Gasteiger partial charge in [-0.3, -0.25) is 4.79 Å². The van der Waals surface area contributed by atoms with Crippen LogP contribution in [-0.4, -0.2) is 30.2 Å². The second kappa shape index (κ2) is 7.02. The van der Waals surface area contributed by atoms with E-state index in [1.807, 2.05) is 0 Å². The lowest BCUT2D eigenvalue weighted by atomic mass is 9.93. The van der Waals surface area contributed by atoms with Gasteiger partial charge in [0.1, 0.15) is 11.6 Å². The van der Waals surface area contributed by atoms with Gasteiger partial charge in [-0.25, -0.2) is 4.79 Å². The minimum absolute atomic E-state index is 0.148. The number of benzene rings is 1. The normalized spacial score (nSPS) is 22.0. The van der Waals surface area contributed by atoms with Gasteiger partial charge in [0.05, 0.1) is 0 Å². The Kier molecular flexibility index (Phi) is 5.29. The predicted molar refractivity (Wildman–Crippen MR) is 89.3 cm³/mol. The number of hydrogen-bond donors (Lipinski definition) is 2. The fourth-order valence-electron chi connectivity index (χ4n) is 2.66. The van der Waals surface area contributed by atoms with Crippen molar-refractivity contribution in [2.24, 2.45) is 0 Å². The first-order valence-corrected chi connectivity index (χ1v) is 8.08. The van der Waals surface area contributed by atoms with Crippen LogP contribution in [0.4, 0.5) is 4.79 Å². The zero-order chi connectivity index (χ0) is 17.0. The van der Waals surface area contributed by atoms with E-state index in [1.165, 1.54) is 11.1 Å². The summed E-state index contributed by atoms with van der Waals surface area (Å²) in [5, 5.41) is 5.59. The lowest BCUT2D eigenvalue weighted by Gasteiger charge is -2.22. The largest absolute Gasteiger partial charge is 0.444 e. The topological polar surface area (TPSA) is 67.4 Å². The highest BCUT2D eigenvalue weighted by Gasteiger charge is 2.28. The van der Waals surface area contributed by atoms with Crippen molar-refractivity contribution in [3.8, 4) is 0 Å². The van der Waals surface area contributed by atoms with Gasteiger partial charge >= 0.3 is 6.09 Å². The zero-order valence-corrected chi connectivity index (χ0v) is 14.3. The van der Waals surface area contributed by atoms with Gasteiger partial charge < -0.3 is 15.4 Å². The second-order valence-electron chi connectivity index (χ2n) is 7.13. The lowest BCUT2D eigenvalue weighted by Crippen LogP contribution is -2.47. The quantitative estimate of drug-likeness (QED) is 0.881. The molecule has 0 radical (unpaired) electrons. The molecule has 126 valence electrons. The van der Waals surface area contributed by atoms with Gasteiger partial charge in [-0.05, 0) is 46.1 Å². The van der Waals surface area contributed by atoms with E-state index in [1.54, 1.807) is 20.8 Å². The molecule has 1 aliphatic rings. The van der Waals surface area contributed by atoms with Crippen LogP contribution < -0.4 is 10.6 Å². The van der Waals surface area contributed by atoms with Crippen LogP contribution >= 0.6 is 0 Å². The molecule has 2 amide bonds. The molecule has 1 aromatic carbocycles. The highest BCUT2D eigenvalue weighted by Crippen LogP contribution is 2.24. The van der Waals surface area contributed by atoms with Crippen LogP contribution in [0, 0.1) is 6.92 Å². The maximum absolute atomic E-state index is 12.2. The van der Waals surface area contributed by atoms with Gasteiger partial charge in [-0.15, -0.1) is 0 Å². The molecule has 23 heavy (non-hydrogen) atoms. The van der Waals surface area contributed by atoms with Crippen molar-refractivity contribution in [1.29, 1.82) is 0 Å². The number of carbonyl (C=O) groups excluding carboxylic acids is 2. The van der Waals surface area contributed by atoms with Crippen LogP contribution in [0.1, 0.15) is 50.7 Å². The number of carbonyl (C=O) groups is 2. The van der Waals surface area contributed by atoms with Gasteiger partial charge in [0.15, 0.2) is 0 Å². The van der Waals surface area contributed by atoms with Gasteiger partial charge in [0, 0.05) is 12.5 Å². The van der Waals surface area contributed by atoms with Crippen LogP contribution in [0.2, 0.25) is 0 Å². The van der Waals surface area contributed by atoms with Crippen LogP contribution in [0.25, 0.3) is 0 Å². The molecule has 2 N–H and O–H groups in total. The van der Waals surface area contributed by atoms with E-state index in [0.29, 0.717) is 13.0 Å². The molecule has 0 aliphatic carbocycles. The Bertz CT molecular complexity index is 561. The summed E-state index contributed by atoms with van der Waals surface area (Å²) in [4.78, 5) is 24.0. The number of amides is 2. The van der Waals surface area contributed by atoms with E-state index >= 15 is 0 Å². The Hall–Kier alpha value is -2.04. The molecule has 1 fully saturated rings. The molecule has 0 aromatic heterocycles. The number of ether oxygens (including phenoxy) is 1. The molecule has 0 saturated carbocycles. The Morgan fingerprint density at radius 2 is 1.87 bits per heavy atom. The molecule has 1 aliphatic heterocycles. The summed E-state index contributed by atoms with van der Waals surface area (Å²) >= 11 is 0. The highest BCUT2D eigenvalue weighted by molar-refractivity contribution is 5.85. The van der Waals surface area contributed by atoms with Crippen LogP contribution in [0.15, 0.2) is 24.3 Å². The van der Waals surface area contributed by atoms with Crippen molar-refractivity contribution in [1.82, 2.24) is 10.6 Å². The lowest BCUT2D eigenvalue weighted by molar-refractivity contribution is -0.122. The first-order valence-electron chi connectivity index (χ1n) is 8.08. The van der Waals surface area contributed by atoms with Crippen molar-refractivity contribution in [2.45, 2.75) is 58.1 Å². The smallest absolute Gasteiger partial charge is 0.408 e. The number of aryl methyl sites for hydroxylation is 1. The van der Waals surface area contributed by atoms with Crippen molar-refractivity contribution < 1.29 is 14.3 Å². The first-order chi connectivity index (χ1) is 10.7. The Labute approximate surface area is 137 Å². The molecule has 1 aromatic rings. The van der Waals surface area contributed by atoms with E-state index in [-0.39, 0.29) is 11.8 Å². The molecule has 0 bridgehead atoms. The summed E-state index contributed by atoms with van der Waals surface area (Å²) in [6.07, 6.45) is 0.887. The van der Waals surface area contributed by atoms with Gasteiger partial charge in [0.25, 0.3) is 0 Å². The molecule has 2 rings (SSSR count). The van der Waals surface area contributed by atoms with E-state index in [0.717, 1.165) is 6.42 Å². The van der Waals surface area contributed by atoms with Crippen LogP contribution in [-0.2, 0) is 9.53 Å². The van der Waals surface area contributed by atoms with Gasteiger partial charge in [-0.1, -0.05) is 29.8 Å². The molecule has 1 saturated heterocycles. The monoisotopic (exact) mass is 318 g/mol. The maximum atomic E-state index is 12.2. The first kappa shape index (κ1) is 17.3.